The molecule has 1 aliphatic rings. The maximum atomic E-state index is 12.1. The van der Waals surface area contributed by atoms with E-state index in [1.807, 2.05) is 16.3 Å². The van der Waals surface area contributed by atoms with Gasteiger partial charge in [-0.15, -0.1) is 23.7 Å². The molecule has 2 heterocycles. The summed E-state index contributed by atoms with van der Waals surface area (Å²) in [5.74, 6) is 0.233. The Hall–Kier alpha value is -0.290. The molecule has 0 saturated carbocycles. The van der Waals surface area contributed by atoms with Crippen LogP contribution in [0, 0.1) is 5.41 Å². The van der Waals surface area contributed by atoms with Crippen molar-refractivity contribution in [2.24, 2.45) is 11.1 Å². The lowest BCUT2D eigenvalue weighted by molar-refractivity contribution is -0.130. The van der Waals surface area contributed by atoms with E-state index in [1.165, 1.54) is 4.88 Å². The molecule has 2 rings (SSSR count). The molecule has 0 aliphatic carbocycles. The Kier molecular flexibility index (Phi) is 6.12. The molecular formula is C13H20Cl2N2OS. The van der Waals surface area contributed by atoms with Crippen LogP contribution in [0.25, 0.3) is 0 Å². The number of hydrogen-bond donors (Lipinski definition) is 1. The molecule has 0 spiro atoms. The number of amides is 1. The summed E-state index contributed by atoms with van der Waals surface area (Å²) >= 11 is 7.48. The fourth-order valence-corrected chi connectivity index (χ4v) is 3.35. The highest BCUT2D eigenvalue weighted by Gasteiger charge is 2.34. The van der Waals surface area contributed by atoms with Crippen molar-refractivity contribution < 1.29 is 4.79 Å². The third-order valence-electron chi connectivity index (χ3n) is 3.61. The van der Waals surface area contributed by atoms with E-state index in [-0.39, 0.29) is 23.7 Å². The van der Waals surface area contributed by atoms with Gasteiger partial charge in [-0.25, -0.2) is 0 Å². The Morgan fingerprint density at radius 1 is 1.63 bits per heavy atom. The predicted octanol–water partition coefficient (Wildman–Crippen LogP) is 2.95. The monoisotopic (exact) mass is 322 g/mol. The van der Waals surface area contributed by atoms with Gasteiger partial charge in [0, 0.05) is 29.8 Å². The first-order chi connectivity index (χ1) is 8.52. The van der Waals surface area contributed by atoms with E-state index in [9.17, 15) is 4.79 Å². The highest BCUT2D eigenvalue weighted by Crippen LogP contribution is 2.29. The van der Waals surface area contributed by atoms with Gasteiger partial charge in [0.1, 0.15) is 0 Å². The fourth-order valence-electron chi connectivity index (χ4n) is 2.28. The zero-order valence-electron chi connectivity index (χ0n) is 11.0. The number of hydrogen-bond acceptors (Lipinski definition) is 3. The average Bonchev–Trinajstić information content (AvgIpc) is 2.94. The topological polar surface area (TPSA) is 46.3 Å². The number of rotatable bonds is 4. The number of likely N-dealkylation sites (tertiary alicyclic amines) is 1. The molecule has 1 fully saturated rings. The lowest BCUT2D eigenvalue weighted by Gasteiger charge is -2.22. The van der Waals surface area contributed by atoms with Gasteiger partial charge in [-0.3, -0.25) is 4.79 Å². The standard InChI is InChI=1S/C13H19ClN2OS.ClH/c1-13(8-15)4-5-16(9-13)12(17)3-2-11-6-10(14)7-18-11;/h6-7H,2-5,8-9,15H2,1H3;1H. The third-order valence-corrected chi connectivity index (χ3v) is 4.95. The van der Waals surface area contributed by atoms with E-state index in [4.69, 9.17) is 17.3 Å². The molecule has 0 bridgehead atoms. The Labute approximate surface area is 129 Å². The normalized spacial score (nSPS) is 22.4. The van der Waals surface area contributed by atoms with Crippen molar-refractivity contribution in [1.29, 1.82) is 0 Å². The Morgan fingerprint density at radius 2 is 2.37 bits per heavy atom. The molecular weight excluding hydrogens is 303 g/mol. The van der Waals surface area contributed by atoms with Crippen molar-refractivity contribution in [3.05, 3.63) is 21.3 Å². The van der Waals surface area contributed by atoms with Gasteiger partial charge in [0.25, 0.3) is 0 Å². The van der Waals surface area contributed by atoms with E-state index in [0.29, 0.717) is 13.0 Å². The van der Waals surface area contributed by atoms with Crippen molar-refractivity contribution in [3.63, 3.8) is 0 Å². The Balaban J connectivity index is 0.00000180. The van der Waals surface area contributed by atoms with Crippen molar-refractivity contribution >= 4 is 41.3 Å². The molecule has 0 aromatic carbocycles. The number of nitrogens with zero attached hydrogens (tertiary/aromatic N) is 1. The minimum atomic E-state index is 0. The number of carbonyl (C=O) groups is 1. The molecule has 1 unspecified atom stereocenters. The van der Waals surface area contributed by atoms with Gasteiger partial charge in [-0.05, 0) is 30.9 Å². The largest absolute Gasteiger partial charge is 0.342 e. The Morgan fingerprint density at radius 3 is 2.89 bits per heavy atom. The van der Waals surface area contributed by atoms with Crippen molar-refractivity contribution in [2.75, 3.05) is 19.6 Å². The van der Waals surface area contributed by atoms with Crippen molar-refractivity contribution in [3.8, 4) is 0 Å². The first-order valence-electron chi connectivity index (χ1n) is 6.23. The van der Waals surface area contributed by atoms with Crippen molar-refractivity contribution in [1.82, 2.24) is 4.90 Å². The van der Waals surface area contributed by atoms with Crippen LogP contribution in [0.4, 0.5) is 0 Å². The summed E-state index contributed by atoms with van der Waals surface area (Å²) in [6.45, 7) is 4.45. The minimum Gasteiger partial charge on any atom is -0.342 e. The van der Waals surface area contributed by atoms with Crippen LogP contribution in [-0.2, 0) is 11.2 Å². The highest BCUT2D eigenvalue weighted by molar-refractivity contribution is 7.10. The number of carbonyl (C=O) groups excluding carboxylic acids is 1. The van der Waals surface area contributed by atoms with Crippen LogP contribution < -0.4 is 5.73 Å². The fraction of sp³-hybridized carbons (Fsp3) is 0.615. The van der Waals surface area contributed by atoms with E-state index >= 15 is 0 Å². The van der Waals surface area contributed by atoms with Gasteiger partial charge >= 0.3 is 0 Å². The summed E-state index contributed by atoms with van der Waals surface area (Å²) < 4.78 is 0. The number of aryl methyl sites for hydroxylation is 1. The van der Waals surface area contributed by atoms with Crippen LogP contribution >= 0.6 is 35.3 Å². The summed E-state index contributed by atoms with van der Waals surface area (Å²) in [7, 11) is 0. The summed E-state index contributed by atoms with van der Waals surface area (Å²) in [6.07, 6.45) is 2.36. The van der Waals surface area contributed by atoms with Gasteiger partial charge < -0.3 is 10.6 Å². The average molecular weight is 323 g/mol. The second kappa shape index (κ2) is 6.93. The molecule has 6 heteroatoms. The summed E-state index contributed by atoms with van der Waals surface area (Å²) in [5.41, 5.74) is 5.86. The zero-order chi connectivity index (χ0) is 13.2. The number of halogens is 2. The molecule has 1 aliphatic heterocycles. The molecule has 2 N–H and O–H groups in total. The molecule has 1 saturated heterocycles. The number of thiophene rings is 1. The van der Waals surface area contributed by atoms with Crippen molar-refractivity contribution in [2.45, 2.75) is 26.2 Å². The lowest BCUT2D eigenvalue weighted by atomic mass is 9.90. The molecule has 1 aromatic heterocycles. The van der Waals surface area contributed by atoms with Gasteiger partial charge in [0.05, 0.1) is 5.02 Å². The van der Waals surface area contributed by atoms with E-state index in [2.05, 4.69) is 6.92 Å². The third kappa shape index (κ3) is 4.35. The Bertz CT molecular complexity index is 438. The summed E-state index contributed by atoms with van der Waals surface area (Å²) in [5, 5.41) is 2.67. The minimum absolute atomic E-state index is 0. The van der Waals surface area contributed by atoms with Crippen LogP contribution in [-0.4, -0.2) is 30.4 Å². The SMILES string of the molecule is CC1(CN)CCN(C(=O)CCc2cc(Cl)cs2)C1.Cl. The second-order valence-electron chi connectivity index (χ2n) is 5.31. The van der Waals surface area contributed by atoms with Gasteiger partial charge in [0.2, 0.25) is 5.91 Å². The van der Waals surface area contributed by atoms with Gasteiger partial charge in [-0.1, -0.05) is 18.5 Å². The molecule has 1 amide bonds. The summed E-state index contributed by atoms with van der Waals surface area (Å²) in [6, 6.07) is 1.94. The van der Waals surface area contributed by atoms with Crippen LogP contribution in [0.1, 0.15) is 24.6 Å². The summed E-state index contributed by atoms with van der Waals surface area (Å²) in [4.78, 5) is 15.2. The molecule has 108 valence electrons. The lowest BCUT2D eigenvalue weighted by Crippen LogP contribution is -2.34. The predicted molar refractivity (Wildman–Crippen MR) is 83.3 cm³/mol. The quantitative estimate of drug-likeness (QED) is 0.926. The van der Waals surface area contributed by atoms with E-state index in [0.717, 1.165) is 31.0 Å². The first kappa shape index (κ1) is 16.8. The first-order valence-corrected chi connectivity index (χ1v) is 7.49. The molecule has 1 atom stereocenters. The highest BCUT2D eigenvalue weighted by atomic mass is 35.5. The van der Waals surface area contributed by atoms with E-state index in [1.54, 1.807) is 11.3 Å². The smallest absolute Gasteiger partial charge is 0.222 e. The second-order valence-corrected chi connectivity index (χ2v) is 6.74. The maximum Gasteiger partial charge on any atom is 0.222 e. The maximum absolute atomic E-state index is 12.1. The van der Waals surface area contributed by atoms with Crippen LogP contribution in [0.15, 0.2) is 11.4 Å². The molecule has 0 radical (unpaired) electrons. The van der Waals surface area contributed by atoms with Gasteiger partial charge in [0.15, 0.2) is 0 Å². The molecule has 3 nitrogen and oxygen atoms in total. The van der Waals surface area contributed by atoms with Crippen LogP contribution in [0.5, 0.6) is 0 Å². The molecule has 1 aromatic rings. The van der Waals surface area contributed by atoms with Crippen LogP contribution in [0.2, 0.25) is 5.02 Å². The van der Waals surface area contributed by atoms with Gasteiger partial charge in [-0.2, -0.15) is 0 Å². The number of nitrogens with two attached hydrogens (primary N) is 1. The zero-order valence-corrected chi connectivity index (χ0v) is 13.4. The van der Waals surface area contributed by atoms with Crippen LogP contribution in [0.3, 0.4) is 0 Å². The van der Waals surface area contributed by atoms with E-state index < -0.39 is 0 Å². The molecule has 19 heavy (non-hydrogen) atoms.